The molecule has 2 atom stereocenters. The van der Waals surface area contributed by atoms with Gasteiger partial charge < -0.3 is 5.32 Å². The molecule has 2 rings (SSSR count). The summed E-state index contributed by atoms with van der Waals surface area (Å²) in [4.78, 5) is 12.0. The fourth-order valence-electron chi connectivity index (χ4n) is 2.41. The summed E-state index contributed by atoms with van der Waals surface area (Å²) in [6.45, 7) is -1.11. The maximum Gasteiger partial charge on any atom is 0.405 e. The number of hydrogen-bond donors (Lipinski definition) is 1. The maximum atomic E-state index is 12.8. The molecular weight excluding hydrogens is 273 g/mol. The second kappa shape index (κ2) is 4.37. The van der Waals surface area contributed by atoms with Crippen molar-refractivity contribution in [2.45, 2.75) is 30.4 Å². The van der Waals surface area contributed by atoms with Crippen LogP contribution in [0.1, 0.15) is 12.8 Å². The van der Waals surface area contributed by atoms with Crippen LogP contribution < -0.4 is 5.32 Å². The van der Waals surface area contributed by atoms with Gasteiger partial charge in [0, 0.05) is 6.54 Å². The molecule has 0 aromatic carbocycles. The molecule has 0 bridgehead atoms. The molecule has 2 unspecified atom stereocenters. The van der Waals surface area contributed by atoms with Gasteiger partial charge in [0.15, 0.2) is 9.84 Å². The van der Waals surface area contributed by atoms with Crippen molar-refractivity contribution < 1.29 is 26.4 Å². The molecule has 2 heterocycles. The number of carbonyl (C=O) groups excluding carboxylic acids is 1. The molecule has 18 heavy (non-hydrogen) atoms. The first-order chi connectivity index (χ1) is 8.22. The summed E-state index contributed by atoms with van der Waals surface area (Å²) >= 11 is 0. The molecule has 0 aromatic heterocycles. The average molecular weight is 286 g/mol. The lowest BCUT2D eigenvalue weighted by molar-refractivity contribution is -0.190. The van der Waals surface area contributed by atoms with Crippen LogP contribution in [-0.4, -0.2) is 55.7 Å². The zero-order chi connectivity index (χ0) is 13.6. The van der Waals surface area contributed by atoms with E-state index < -0.39 is 46.4 Å². The summed E-state index contributed by atoms with van der Waals surface area (Å²) in [6.07, 6.45) is -4.05. The summed E-state index contributed by atoms with van der Waals surface area (Å²) < 4.78 is 61.9. The van der Waals surface area contributed by atoms with E-state index in [1.807, 2.05) is 0 Å². The lowest BCUT2D eigenvalue weighted by Gasteiger charge is -2.39. The van der Waals surface area contributed by atoms with Gasteiger partial charge in [-0.25, -0.2) is 8.42 Å². The molecule has 0 saturated carbocycles. The van der Waals surface area contributed by atoms with E-state index in [9.17, 15) is 26.4 Å². The molecule has 0 aliphatic carbocycles. The molecule has 1 amide bonds. The van der Waals surface area contributed by atoms with Crippen LogP contribution >= 0.6 is 0 Å². The Hall–Kier alpha value is -0.830. The number of nitrogens with zero attached hydrogens (tertiary/aromatic N) is 1. The van der Waals surface area contributed by atoms with Crippen LogP contribution in [0.25, 0.3) is 0 Å². The van der Waals surface area contributed by atoms with Crippen molar-refractivity contribution in [1.29, 1.82) is 0 Å². The Labute approximate surface area is 102 Å². The molecule has 0 spiro atoms. The van der Waals surface area contributed by atoms with Crippen molar-refractivity contribution >= 4 is 15.7 Å². The van der Waals surface area contributed by atoms with Gasteiger partial charge in [-0.1, -0.05) is 0 Å². The molecule has 9 heteroatoms. The predicted molar refractivity (Wildman–Crippen MR) is 56.4 cm³/mol. The van der Waals surface area contributed by atoms with E-state index in [1.54, 1.807) is 0 Å². The summed E-state index contributed by atoms with van der Waals surface area (Å²) in [5, 5.41) is 0.939. The Bertz CT molecular complexity index is 448. The van der Waals surface area contributed by atoms with Crippen molar-refractivity contribution in [3.8, 4) is 0 Å². The van der Waals surface area contributed by atoms with Gasteiger partial charge in [-0.3, -0.25) is 9.69 Å². The quantitative estimate of drug-likeness (QED) is 0.730. The second-order valence-corrected chi connectivity index (χ2v) is 6.78. The lowest BCUT2D eigenvalue weighted by Crippen LogP contribution is -2.63. The van der Waals surface area contributed by atoms with Crippen molar-refractivity contribution in [3.05, 3.63) is 0 Å². The van der Waals surface area contributed by atoms with Gasteiger partial charge in [-0.05, 0) is 12.8 Å². The van der Waals surface area contributed by atoms with E-state index in [1.165, 1.54) is 0 Å². The highest BCUT2D eigenvalue weighted by Crippen LogP contribution is 2.32. The van der Waals surface area contributed by atoms with Gasteiger partial charge in [-0.2, -0.15) is 13.2 Å². The summed E-state index contributed by atoms with van der Waals surface area (Å²) in [5.41, 5.74) is 0. The van der Waals surface area contributed by atoms with E-state index >= 15 is 0 Å². The van der Waals surface area contributed by atoms with E-state index in [2.05, 4.69) is 5.32 Å². The molecular formula is C9H13F3N2O3S. The summed E-state index contributed by atoms with van der Waals surface area (Å²) in [7, 11) is -3.56. The summed E-state index contributed by atoms with van der Waals surface area (Å²) in [5.74, 6) is -0.682. The zero-order valence-corrected chi connectivity index (χ0v) is 10.2. The van der Waals surface area contributed by atoms with Crippen LogP contribution in [0.3, 0.4) is 0 Å². The smallest absolute Gasteiger partial charge is 0.353 e. The first-order valence-corrected chi connectivity index (χ1v) is 7.24. The Kier molecular flexibility index (Phi) is 3.30. The Morgan fingerprint density at radius 3 is 2.50 bits per heavy atom. The van der Waals surface area contributed by atoms with Gasteiger partial charge >= 0.3 is 6.18 Å². The second-order valence-electron chi connectivity index (χ2n) is 4.50. The van der Waals surface area contributed by atoms with Crippen molar-refractivity contribution in [3.63, 3.8) is 0 Å². The number of rotatable bonds is 1. The van der Waals surface area contributed by atoms with Gasteiger partial charge in [0.2, 0.25) is 5.91 Å². The number of halogens is 3. The third-order valence-corrected chi connectivity index (χ3v) is 5.45. The minimum atomic E-state index is -4.55. The highest BCUT2D eigenvalue weighted by atomic mass is 32.2. The first kappa shape index (κ1) is 13.6. The Morgan fingerprint density at radius 1 is 1.33 bits per heavy atom. The molecule has 2 aliphatic heterocycles. The monoisotopic (exact) mass is 286 g/mol. The van der Waals surface area contributed by atoms with Crippen LogP contribution in [0.2, 0.25) is 0 Å². The van der Waals surface area contributed by atoms with E-state index in [-0.39, 0.29) is 12.2 Å². The Balaban J connectivity index is 2.29. The predicted octanol–water partition coefficient (Wildman–Crippen LogP) is -0.116. The van der Waals surface area contributed by atoms with Crippen molar-refractivity contribution in [1.82, 2.24) is 10.2 Å². The summed E-state index contributed by atoms with van der Waals surface area (Å²) in [6, 6.07) is -1.92. The first-order valence-electron chi connectivity index (χ1n) is 5.52. The third kappa shape index (κ3) is 2.46. The fraction of sp³-hybridized carbons (Fsp3) is 0.889. The number of piperazine rings is 1. The minimum absolute atomic E-state index is 0.111. The van der Waals surface area contributed by atoms with Gasteiger partial charge in [0.1, 0.15) is 11.4 Å². The highest BCUT2D eigenvalue weighted by Gasteiger charge is 2.51. The largest absolute Gasteiger partial charge is 0.405 e. The highest BCUT2D eigenvalue weighted by molar-refractivity contribution is 7.92. The molecule has 2 saturated heterocycles. The van der Waals surface area contributed by atoms with Gasteiger partial charge in [0.25, 0.3) is 0 Å². The maximum absolute atomic E-state index is 12.8. The standard InChI is InChI=1S/C9H13F3N2O3S/c10-9(11,12)6-4-13-7(15)5-14(6)8-2-1-3-18(8,16)17/h6,8H,1-5H2,(H,13,15). The van der Waals surface area contributed by atoms with Gasteiger partial charge in [0.05, 0.1) is 12.3 Å². The lowest BCUT2D eigenvalue weighted by atomic mass is 10.1. The SMILES string of the molecule is O=C1CN(C2CCCS2(=O)=O)C(C(F)(F)F)CN1. The number of nitrogens with one attached hydrogen (secondary N) is 1. The number of sulfone groups is 1. The van der Waals surface area contributed by atoms with Crippen LogP contribution in [0.4, 0.5) is 13.2 Å². The minimum Gasteiger partial charge on any atom is -0.353 e. The van der Waals surface area contributed by atoms with Crippen LogP contribution in [0, 0.1) is 0 Å². The van der Waals surface area contributed by atoms with Crippen LogP contribution in [-0.2, 0) is 14.6 Å². The van der Waals surface area contributed by atoms with E-state index in [0.717, 1.165) is 4.90 Å². The normalized spacial score (nSPS) is 33.4. The van der Waals surface area contributed by atoms with E-state index in [4.69, 9.17) is 0 Å². The molecule has 5 nitrogen and oxygen atoms in total. The third-order valence-electron chi connectivity index (χ3n) is 3.26. The zero-order valence-electron chi connectivity index (χ0n) is 9.40. The number of alkyl halides is 3. The molecule has 1 N–H and O–H groups in total. The number of amides is 1. The molecule has 2 aliphatic rings. The van der Waals surface area contributed by atoms with Crippen molar-refractivity contribution in [2.24, 2.45) is 0 Å². The number of carbonyl (C=O) groups is 1. The van der Waals surface area contributed by atoms with Gasteiger partial charge in [-0.15, -0.1) is 0 Å². The van der Waals surface area contributed by atoms with Crippen molar-refractivity contribution in [2.75, 3.05) is 18.8 Å². The molecule has 2 fully saturated rings. The molecule has 0 radical (unpaired) electrons. The average Bonchev–Trinajstić information content (AvgIpc) is 2.55. The molecule has 0 aromatic rings. The Morgan fingerprint density at radius 2 is 2.00 bits per heavy atom. The number of hydrogen-bond acceptors (Lipinski definition) is 4. The fourth-order valence-corrected chi connectivity index (χ4v) is 4.41. The van der Waals surface area contributed by atoms with Crippen LogP contribution in [0.5, 0.6) is 0 Å². The topological polar surface area (TPSA) is 66.5 Å². The van der Waals surface area contributed by atoms with E-state index in [0.29, 0.717) is 6.42 Å². The molecule has 104 valence electrons. The van der Waals surface area contributed by atoms with Crippen LogP contribution in [0.15, 0.2) is 0 Å².